The number of halogens is 3. The molecule has 0 saturated heterocycles. The quantitative estimate of drug-likeness (QED) is 0.718. The molecular weight excluding hydrogens is 277 g/mol. The number of aliphatic carboxylic acids is 1. The molecule has 0 amide bonds. The molecule has 0 bridgehead atoms. The lowest BCUT2D eigenvalue weighted by Gasteiger charge is -2.26. The van der Waals surface area contributed by atoms with E-state index in [1.807, 2.05) is 0 Å². The van der Waals surface area contributed by atoms with Crippen molar-refractivity contribution < 1.29 is 31.5 Å². The van der Waals surface area contributed by atoms with Crippen molar-refractivity contribution >= 4 is 16.2 Å². The molecule has 2 N–H and O–H groups in total. The zero-order valence-corrected chi connectivity index (χ0v) is 10.7. The molecule has 0 spiro atoms. The molecular formula is C8H15F3N2O4S. The van der Waals surface area contributed by atoms with Crippen LogP contribution in [0, 0.1) is 0 Å². The van der Waals surface area contributed by atoms with Gasteiger partial charge in [0, 0.05) is 12.6 Å². The summed E-state index contributed by atoms with van der Waals surface area (Å²) in [6.07, 6.45) is -5.15. The standard InChI is InChI=1S/C8H15F3N2O4S/c1-3-13(6(2)4-7(14)15)18(16,17)12-5-8(9,10)11/h6,12H,3-5H2,1-2H3,(H,14,15). The fourth-order valence-corrected chi connectivity index (χ4v) is 2.73. The predicted octanol–water partition coefficient (Wildman–Crippen LogP) is 0.568. The van der Waals surface area contributed by atoms with E-state index in [4.69, 9.17) is 5.11 Å². The summed E-state index contributed by atoms with van der Waals surface area (Å²) < 4.78 is 60.9. The number of carboxylic acids is 1. The van der Waals surface area contributed by atoms with Crippen LogP contribution < -0.4 is 4.72 Å². The van der Waals surface area contributed by atoms with Crippen LogP contribution in [-0.4, -0.2) is 49.1 Å². The van der Waals surface area contributed by atoms with Crippen LogP contribution in [0.25, 0.3) is 0 Å². The minimum absolute atomic E-state index is 0.123. The molecule has 0 aliphatic rings. The van der Waals surface area contributed by atoms with Crippen LogP contribution in [0.1, 0.15) is 20.3 Å². The van der Waals surface area contributed by atoms with E-state index in [9.17, 15) is 26.4 Å². The average molecular weight is 292 g/mol. The van der Waals surface area contributed by atoms with Gasteiger partial charge in [0.05, 0.1) is 6.42 Å². The Balaban J connectivity index is 4.77. The Morgan fingerprint density at radius 1 is 1.44 bits per heavy atom. The predicted molar refractivity (Wildman–Crippen MR) is 57.1 cm³/mol. The zero-order chi connectivity index (χ0) is 14.6. The first-order valence-electron chi connectivity index (χ1n) is 5.04. The van der Waals surface area contributed by atoms with Crippen molar-refractivity contribution in [3.05, 3.63) is 0 Å². The molecule has 0 radical (unpaired) electrons. The van der Waals surface area contributed by atoms with Crippen molar-refractivity contribution in [2.24, 2.45) is 0 Å². The van der Waals surface area contributed by atoms with Gasteiger partial charge in [-0.05, 0) is 6.92 Å². The van der Waals surface area contributed by atoms with Gasteiger partial charge in [0.2, 0.25) is 0 Å². The van der Waals surface area contributed by atoms with Gasteiger partial charge in [-0.25, -0.2) is 0 Å². The third-order valence-corrected chi connectivity index (χ3v) is 3.78. The number of carbonyl (C=O) groups is 1. The van der Waals surface area contributed by atoms with Crippen molar-refractivity contribution in [2.45, 2.75) is 32.5 Å². The minimum atomic E-state index is -4.66. The van der Waals surface area contributed by atoms with Gasteiger partial charge in [-0.1, -0.05) is 6.92 Å². The normalized spacial score (nSPS) is 14.8. The molecule has 0 aliphatic carbocycles. The van der Waals surface area contributed by atoms with E-state index in [0.717, 1.165) is 0 Å². The third-order valence-electron chi connectivity index (χ3n) is 2.04. The molecule has 6 nitrogen and oxygen atoms in total. The third kappa shape index (κ3) is 6.17. The number of nitrogens with one attached hydrogen (secondary N) is 1. The van der Waals surface area contributed by atoms with Gasteiger partial charge in [0.25, 0.3) is 10.2 Å². The Kier molecular flexibility index (Phi) is 6.04. The Bertz CT molecular complexity index is 382. The van der Waals surface area contributed by atoms with Crippen LogP contribution in [0.3, 0.4) is 0 Å². The molecule has 0 saturated carbocycles. The molecule has 1 unspecified atom stereocenters. The lowest BCUT2D eigenvalue weighted by atomic mass is 10.2. The second-order valence-corrected chi connectivity index (χ2v) is 5.30. The fraction of sp³-hybridized carbons (Fsp3) is 0.875. The summed E-state index contributed by atoms with van der Waals surface area (Å²) in [7, 11) is -4.35. The highest BCUT2D eigenvalue weighted by Crippen LogP contribution is 2.15. The number of hydrogen-bond acceptors (Lipinski definition) is 3. The maximum atomic E-state index is 11.9. The van der Waals surface area contributed by atoms with Gasteiger partial charge in [0.15, 0.2) is 0 Å². The Hall–Kier alpha value is -0.870. The second-order valence-electron chi connectivity index (χ2n) is 3.59. The number of rotatable bonds is 7. The van der Waals surface area contributed by atoms with Crippen LogP contribution in [0.4, 0.5) is 13.2 Å². The van der Waals surface area contributed by atoms with E-state index >= 15 is 0 Å². The number of alkyl halides is 3. The molecule has 18 heavy (non-hydrogen) atoms. The van der Waals surface area contributed by atoms with E-state index < -0.39 is 41.4 Å². The molecule has 0 aromatic rings. The van der Waals surface area contributed by atoms with Gasteiger partial charge >= 0.3 is 12.1 Å². The zero-order valence-electron chi connectivity index (χ0n) is 9.86. The summed E-state index contributed by atoms with van der Waals surface area (Å²) in [5.74, 6) is -1.23. The van der Waals surface area contributed by atoms with E-state index in [0.29, 0.717) is 4.31 Å². The topological polar surface area (TPSA) is 86.7 Å². The van der Waals surface area contributed by atoms with Crippen LogP contribution in [0.5, 0.6) is 0 Å². The maximum absolute atomic E-state index is 11.9. The lowest BCUT2D eigenvalue weighted by Crippen LogP contribution is -2.48. The summed E-state index contributed by atoms with van der Waals surface area (Å²) in [6, 6.07) is -0.932. The molecule has 1 atom stereocenters. The molecule has 0 aromatic heterocycles. The van der Waals surface area contributed by atoms with Crippen LogP contribution >= 0.6 is 0 Å². The van der Waals surface area contributed by atoms with Gasteiger partial charge < -0.3 is 5.11 Å². The lowest BCUT2D eigenvalue weighted by molar-refractivity contribution is -0.138. The van der Waals surface area contributed by atoms with Gasteiger partial charge in [-0.15, -0.1) is 0 Å². The number of nitrogens with zero attached hydrogens (tertiary/aromatic N) is 1. The first-order valence-corrected chi connectivity index (χ1v) is 6.48. The molecule has 0 fully saturated rings. The molecule has 10 heteroatoms. The molecule has 0 rings (SSSR count). The Morgan fingerprint density at radius 2 is 1.94 bits per heavy atom. The first kappa shape index (κ1) is 17.1. The monoisotopic (exact) mass is 292 g/mol. The average Bonchev–Trinajstić information content (AvgIpc) is 2.13. The maximum Gasteiger partial charge on any atom is 0.402 e. The van der Waals surface area contributed by atoms with E-state index in [-0.39, 0.29) is 6.54 Å². The molecule has 0 aliphatic heterocycles. The van der Waals surface area contributed by atoms with Crippen molar-refractivity contribution in [1.29, 1.82) is 0 Å². The number of carboxylic acid groups (broad SMARTS) is 1. The fourth-order valence-electron chi connectivity index (χ4n) is 1.33. The van der Waals surface area contributed by atoms with E-state index in [1.165, 1.54) is 18.6 Å². The second kappa shape index (κ2) is 6.34. The highest BCUT2D eigenvalue weighted by molar-refractivity contribution is 7.87. The molecule has 108 valence electrons. The largest absolute Gasteiger partial charge is 0.481 e. The Morgan fingerprint density at radius 3 is 2.28 bits per heavy atom. The first-order chi connectivity index (χ1) is 7.99. The number of hydrogen-bond donors (Lipinski definition) is 2. The Labute approximate surface area is 103 Å². The van der Waals surface area contributed by atoms with Crippen molar-refractivity contribution in [3.63, 3.8) is 0 Å². The van der Waals surface area contributed by atoms with Gasteiger partial charge in [0.1, 0.15) is 6.54 Å². The summed E-state index contributed by atoms with van der Waals surface area (Å²) in [5, 5.41) is 8.53. The summed E-state index contributed by atoms with van der Waals surface area (Å²) in [5.41, 5.74) is 0. The van der Waals surface area contributed by atoms with Crippen LogP contribution in [-0.2, 0) is 15.0 Å². The molecule has 0 heterocycles. The van der Waals surface area contributed by atoms with Gasteiger partial charge in [-0.3, -0.25) is 4.79 Å². The SMILES string of the molecule is CCN(C(C)CC(=O)O)S(=O)(=O)NCC(F)(F)F. The van der Waals surface area contributed by atoms with Crippen LogP contribution in [0.2, 0.25) is 0 Å². The van der Waals surface area contributed by atoms with E-state index in [1.54, 1.807) is 0 Å². The van der Waals surface area contributed by atoms with E-state index in [2.05, 4.69) is 0 Å². The summed E-state index contributed by atoms with van der Waals surface area (Å²) >= 11 is 0. The van der Waals surface area contributed by atoms with Crippen molar-refractivity contribution in [1.82, 2.24) is 9.03 Å². The summed E-state index contributed by atoms with van der Waals surface area (Å²) in [6.45, 7) is 0.906. The van der Waals surface area contributed by atoms with Gasteiger partial charge in [-0.2, -0.15) is 30.6 Å². The van der Waals surface area contributed by atoms with Crippen molar-refractivity contribution in [2.75, 3.05) is 13.1 Å². The van der Waals surface area contributed by atoms with Crippen LogP contribution in [0.15, 0.2) is 0 Å². The summed E-state index contributed by atoms with van der Waals surface area (Å²) in [4.78, 5) is 10.5. The highest BCUT2D eigenvalue weighted by atomic mass is 32.2. The molecule has 0 aromatic carbocycles. The smallest absolute Gasteiger partial charge is 0.402 e. The highest BCUT2D eigenvalue weighted by Gasteiger charge is 2.33. The minimum Gasteiger partial charge on any atom is -0.481 e. The van der Waals surface area contributed by atoms with Crippen molar-refractivity contribution in [3.8, 4) is 0 Å².